The Morgan fingerprint density at radius 1 is 1.80 bits per heavy atom. The molecule has 0 spiro atoms. The fourth-order valence-corrected chi connectivity index (χ4v) is 2.44. The van der Waals surface area contributed by atoms with Crippen molar-refractivity contribution in [3.05, 3.63) is 11.1 Å². The Balaban J connectivity index is 1.81. The van der Waals surface area contributed by atoms with Crippen molar-refractivity contribution in [3.63, 3.8) is 0 Å². The molecule has 1 aromatic rings. The lowest BCUT2D eigenvalue weighted by Crippen LogP contribution is -2.27. The van der Waals surface area contributed by atoms with E-state index in [9.17, 15) is 4.79 Å². The molecule has 1 fully saturated rings. The van der Waals surface area contributed by atoms with Gasteiger partial charge < -0.3 is 10.6 Å². The van der Waals surface area contributed by atoms with E-state index in [-0.39, 0.29) is 5.91 Å². The minimum absolute atomic E-state index is 0.0590. The van der Waals surface area contributed by atoms with Crippen molar-refractivity contribution in [3.8, 4) is 0 Å². The summed E-state index contributed by atoms with van der Waals surface area (Å²) in [6.45, 7) is 2.96. The molecule has 1 aliphatic rings. The van der Waals surface area contributed by atoms with Crippen molar-refractivity contribution in [2.45, 2.75) is 32.2 Å². The number of nitrogens with one attached hydrogen (secondary N) is 2. The zero-order valence-electron chi connectivity index (χ0n) is 8.75. The third-order valence-electron chi connectivity index (χ3n) is 2.46. The van der Waals surface area contributed by atoms with Crippen LogP contribution in [0, 0.1) is 6.92 Å². The number of hydrogen-bond acceptors (Lipinski definition) is 4. The first-order chi connectivity index (χ1) is 7.24. The molecule has 15 heavy (non-hydrogen) atoms. The highest BCUT2D eigenvalue weighted by Gasteiger charge is 2.17. The zero-order chi connectivity index (χ0) is 10.7. The second-order valence-electron chi connectivity index (χ2n) is 3.84. The highest BCUT2D eigenvalue weighted by Crippen LogP contribution is 2.15. The Morgan fingerprint density at radius 2 is 2.67 bits per heavy atom. The summed E-state index contributed by atoms with van der Waals surface area (Å²) < 4.78 is 0. The number of anilines is 1. The molecule has 1 amide bonds. The van der Waals surface area contributed by atoms with Gasteiger partial charge in [0.05, 0.1) is 5.69 Å². The maximum Gasteiger partial charge on any atom is 0.227 e. The van der Waals surface area contributed by atoms with Gasteiger partial charge in [0.25, 0.3) is 0 Å². The number of hydrogen-bond donors (Lipinski definition) is 2. The monoisotopic (exact) mass is 225 g/mol. The largest absolute Gasteiger partial charge is 0.313 e. The van der Waals surface area contributed by atoms with Crippen molar-refractivity contribution in [2.75, 3.05) is 11.9 Å². The second kappa shape index (κ2) is 4.72. The smallest absolute Gasteiger partial charge is 0.227 e. The Bertz CT molecular complexity index is 344. The third-order valence-corrected chi connectivity index (χ3v) is 3.34. The van der Waals surface area contributed by atoms with Crippen molar-refractivity contribution < 1.29 is 4.79 Å². The van der Waals surface area contributed by atoms with Gasteiger partial charge in [-0.05, 0) is 26.3 Å². The fraction of sp³-hybridized carbons (Fsp3) is 0.600. The highest BCUT2D eigenvalue weighted by atomic mass is 32.1. The van der Waals surface area contributed by atoms with Crippen LogP contribution in [-0.2, 0) is 4.79 Å². The SMILES string of the molecule is Cc1csc(NC(=O)CC2CCCN2)n1. The molecular weight excluding hydrogens is 210 g/mol. The number of aryl methyl sites for hydroxylation is 1. The number of carbonyl (C=O) groups excluding carboxylic acids is 1. The topological polar surface area (TPSA) is 54.0 Å². The number of nitrogens with zero attached hydrogens (tertiary/aromatic N) is 1. The van der Waals surface area contributed by atoms with Crippen LogP contribution in [0.2, 0.25) is 0 Å². The molecule has 0 aromatic carbocycles. The van der Waals surface area contributed by atoms with E-state index in [2.05, 4.69) is 15.6 Å². The minimum atomic E-state index is 0.0590. The Morgan fingerprint density at radius 3 is 3.27 bits per heavy atom. The van der Waals surface area contributed by atoms with Crippen LogP contribution in [0.3, 0.4) is 0 Å². The summed E-state index contributed by atoms with van der Waals surface area (Å²) in [5, 5.41) is 8.76. The summed E-state index contributed by atoms with van der Waals surface area (Å²) in [6.07, 6.45) is 2.83. The molecule has 5 heteroatoms. The van der Waals surface area contributed by atoms with E-state index >= 15 is 0 Å². The van der Waals surface area contributed by atoms with E-state index in [4.69, 9.17) is 0 Å². The summed E-state index contributed by atoms with van der Waals surface area (Å²) >= 11 is 1.47. The normalized spacial score (nSPS) is 20.5. The number of rotatable bonds is 3. The fourth-order valence-electron chi connectivity index (χ4n) is 1.74. The van der Waals surface area contributed by atoms with Gasteiger partial charge in [0.1, 0.15) is 0 Å². The predicted octanol–water partition coefficient (Wildman–Crippen LogP) is 1.53. The van der Waals surface area contributed by atoms with E-state index in [0.717, 1.165) is 18.7 Å². The quantitative estimate of drug-likeness (QED) is 0.820. The number of aromatic nitrogens is 1. The van der Waals surface area contributed by atoms with Crippen molar-refractivity contribution in [1.29, 1.82) is 0 Å². The van der Waals surface area contributed by atoms with Gasteiger partial charge in [0.2, 0.25) is 5.91 Å². The lowest BCUT2D eigenvalue weighted by molar-refractivity contribution is -0.116. The molecule has 1 aliphatic heterocycles. The van der Waals surface area contributed by atoms with Gasteiger partial charge in [-0.25, -0.2) is 4.98 Å². The summed E-state index contributed by atoms with van der Waals surface area (Å²) in [5.41, 5.74) is 0.953. The standard InChI is InChI=1S/C10H15N3OS/c1-7-6-15-10(12-7)13-9(14)5-8-3-2-4-11-8/h6,8,11H,2-5H2,1H3,(H,12,13,14). The molecule has 1 atom stereocenters. The second-order valence-corrected chi connectivity index (χ2v) is 4.70. The average molecular weight is 225 g/mol. The van der Waals surface area contributed by atoms with Crippen molar-refractivity contribution in [1.82, 2.24) is 10.3 Å². The average Bonchev–Trinajstić information content (AvgIpc) is 2.77. The Labute approximate surface area is 93.1 Å². The molecule has 2 heterocycles. The van der Waals surface area contributed by atoms with Gasteiger partial charge in [-0.1, -0.05) is 0 Å². The molecule has 2 N–H and O–H groups in total. The van der Waals surface area contributed by atoms with Crippen LogP contribution in [0.4, 0.5) is 5.13 Å². The molecular formula is C10H15N3OS. The number of thiazole rings is 1. The molecule has 4 nitrogen and oxygen atoms in total. The molecule has 0 saturated carbocycles. The lowest BCUT2D eigenvalue weighted by atomic mass is 10.1. The molecule has 1 aromatic heterocycles. The van der Waals surface area contributed by atoms with Gasteiger partial charge in [-0.15, -0.1) is 11.3 Å². The van der Waals surface area contributed by atoms with Crippen molar-refractivity contribution in [2.24, 2.45) is 0 Å². The van der Waals surface area contributed by atoms with E-state index in [1.165, 1.54) is 17.8 Å². The molecule has 82 valence electrons. The van der Waals surface area contributed by atoms with Gasteiger partial charge in [0, 0.05) is 17.8 Å². The summed E-state index contributed by atoms with van der Waals surface area (Å²) in [5.74, 6) is 0.0590. The third kappa shape index (κ3) is 3.00. The van der Waals surface area contributed by atoms with Crippen molar-refractivity contribution >= 4 is 22.4 Å². The zero-order valence-corrected chi connectivity index (χ0v) is 9.56. The van der Waals surface area contributed by atoms with Crippen LogP contribution in [0.1, 0.15) is 25.0 Å². The summed E-state index contributed by atoms with van der Waals surface area (Å²) in [7, 11) is 0. The molecule has 0 aliphatic carbocycles. The molecule has 1 saturated heterocycles. The van der Waals surface area contributed by atoms with Crippen LogP contribution >= 0.6 is 11.3 Å². The van der Waals surface area contributed by atoms with Gasteiger partial charge in [-0.2, -0.15) is 0 Å². The van der Waals surface area contributed by atoms with E-state index < -0.39 is 0 Å². The lowest BCUT2D eigenvalue weighted by Gasteiger charge is -2.08. The Kier molecular flexibility index (Phi) is 3.33. The van der Waals surface area contributed by atoms with Gasteiger partial charge in [0.15, 0.2) is 5.13 Å². The first kappa shape index (κ1) is 10.6. The predicted molar refractivity (Wildman–Crippen MR) is 61.1 cm³/mol. The maximum atomic E-state index is 11.6. The van der Waals surface area contributed by atoms with Gasteiger partial charge in [-0.3, -0.25) is 4.79 Å². The van der Waals surface area contributed by atoms with E-state index in [1.807, 2.05) is 12.3 Å². The molecule has 1 unspecified atom stereocenters. The number of carbonyl (C=O) groups is 1. The first-order valence-electron chi connectivity index (χ1n) is 5.19. The highest BCUT2D eigenvalue weighted by molar-refractivity contribution is 7.13. The van der Waals surface area contributed by atoms with Crippen LogP contribution in [0.15, 0.2) is 5.38 Å². The molecule has 0 radical (unpaired) electrons. The van der Waals surface area contributed by atoms with Crippen LogP contribution < -0.4 is 10.6 Å². The van der Waals surface area contributed by atoms with E-state index in [1.54, 1.807) is 0 Å². The molecule has 0 bridgehead atoms. The van der Waals surface area contributed by atoms with Crippen LogP contribution in [-0.4, -0.2) is 23.5 Å². The Hall–Kier alpha value is -0.940. The van der Waals surface area contributed by atoms with Gasteiger partial charge >= 0.3 is 0 Å². The minimum Gasteiger partial charge on any atom is -0.313 e. The summed E-state index contributed by atoms with van der Waals surface area (Å²) in [6, 6.07) is 0.353. The summed E-state index contributed by atoms with van der Waals surface area (Å²) in [4.78, 5) is 15.8. The van der Waals surface area contributed by atoms with E-state index in [0.29, 0.717) is 17.6 Å². The first-order valence-corrected chi connectivity index (χ1v) is 6.07. The maximum absolute atomic E-state index is 11.6. The molecule has 2 rings (SSSR count). The number of amides is 1. The van der Waals surface area contributed by atoms with Crippen LogP contribution in [0.5, 0.6) is 0 Å². The van der Waals surface area contributed by atoms with Crippen LogP contribution in [0.25, 0.3) is 0 Å².